The van der Waals surface area contributed by atoms with Gasteiger partial charge in [-0.15, -0.1) is 0 Å². The average molecular weight is 428 g/mol. The first kappa shape index (κ1) is 20.4. The van der Waals surface area contributed by atoms with Gasteiger partial charge in [0.15, 0.2) is 0 Å². The summed E-state index contributed by atoms with van der Waals surface area (Å²) in [5.41, 5.74) is 5.85. The van der Waals surface area contributed by atoms with E-state index in [0.717, 1.165) is 49.6 Å². The summed E-state index contributed by atoms with van der Waals surface area (Å²) in [4.78, 5) is 19.7. The van der Waals surface area contributed by atoms with Crippen LogP contribution in [0.25, 0.3) is 0 Å². The predicted molar refractivity (Wildman–Crippen MR) is 129 cm³/mol. The Hall–Kier alpha value is -3.47. The monoisotopic (exact) mass is 427 g/mol. The molecule has 32 heavy (non-hydrogen) atoms. The van der Waals surface area contributed by atoms with Gasteiger partial charge in [0.05, 0.1) is 12.8 Å². The van der Waals surface area contributed by atoms with Crippen LogP contribution in [0.3, 0.4) is 0 Å². The molecule has 0 bridgehead atoms. The number of piperazine rings is 1. The maximum atomic E-state index is 13.1. The molecule has 3 aromatic carbocycles. The van der Waals surface area contributed by atoms with Crippen LogP contribution < -0.4 is 14.5 Å². The highest BCUT2D eigenvalue weighted by Crippen LogP contribution is 2.30. The van der Waals surface area contributed by atoms with Crippen molar-refractivity contribution < 1.29 is 9.53 Å². The summed E-state index contributed by atoms with van der Waals surface area (Å²) in [6.07, 6.45) is 1.10. The van der Waals surface area contributed by atoms with Crippen molar-refractivity contribution in [3.8, 4) is 5.75 Å². The molecule has 1 amide bonds. The van der Waals surface area contributed by atoms with Crippen LogP contribution in [-0.2, 0) is 13.0 Å². The van der Waals surface area contributed by atoms with Crippen LogP contribution in [0.4, 0.5) is 11.4 Å². The minimum Gasteiger partial charge on any atom is -0.495 e. The third-order valence-corrected chi connectivity index (χ3v) is 6.55. The summed E-state index contributed by atoms with van der Waals surface area (Å²) in [7, 11) is 1.70. The number of benzene rings is 3. The highest BCUT2D eigenvalue weighted by Gasteiger charge is 2.24. The van der Waals surface area contributed by atoms with E-state index in [2.05, 4.69) is 52.3 Å². The van der Waals surface area contributed by atoms with E-state index in [1.165, 1.54) is 16.8 Å². The molecule has 2 heterocycles. The Bertz CT molecular complexity index is 1090. The van der Waals surface area contributed by atoms with Gasteiger partial charge in [-0.25, -0.2) is 0 Å². The number of para-hydroxylation sites is 3. The molecular formula is C27H29N3O2. The number of ether oxygens (including phenoxy) is 1. The van der Waals surface area contributed by atoms with Crippen molar-refractivity contribution in [2.24, 2.45) is 0 Å². The van der Waals surface area contributed by atoms with Crippen molar-refractivity contribution in [1.29, 1.82) is 0 Å². The van der Waals surface area contributed by atoms with E-state index in [4.69, 9.17) is 4.74 Å². The third-order valence-electron chi connectivity index (χ3n) is 6.55. The molecule has 0 radical (unpaired) electrons. The molecule has 0 N–H and O–H groups in total. The van der Waals surface area contributed by atoms with Gasteiger partial charge in [-0.05, 0) is 47.9 Å². The van der Waals surface area contributed by atoms with Gasteiger partial charge in [-0.2, -0.15) is 0 Å². The Kier molecular flexibility index (Phi) is 5.71. The van der Waals surface area contributed by atoms with Gasteiger partial charge in [-0.1, -0.05) is 42.5 Å². The number of anilines is 2. The second-order valence-corrected chi connectivity index (χ2v) is 8.45. The van der Waals surface area contributed by atoms with Crippen molar-refractivity contribution in [3.05, 3.63) is 89.5 Å². The average Bonchev–Trinajstić information content (AvgIpc) is 3.27. The summed E-state index contributed by atoms with van der Waals surface area (Å²) in [5.74, 6) is 0.992. The van der Waals surface area contributed by atoms with E-state index in [1.54, 1.807) is 7.11 Å². The number of amides is 1. The lowest BCUT2D eigenvalue weighted by atomic mass is 10.1. The fourth-order valence-corrected chi connectivity index (χ4v) is 4.77. The first-order chi connectivity index (χ1) is 15.7. The Balaban J connectivity index is 1.20. The molecule has 5 rings (SSSR count). The topological polar surface area (TPSA) is 36.0 Å². The number of rotatable bonds is 5. The Morgan fingerprint density at radius 2 is 1.50 bits per heavy atom. The molecule has 5 heteroatoms. The Labute approximate surface area is 189 Å². The molecule has 0 unspecified atom stereocenters. The molecule has 5 nitrogen and oxygen atoms in total. The molecule has 0 aromatic heterocycles. The number of methoxy groups -OCH3 is 1. The molecule has 3 aromatic rings. The van der Waals surface area contributed by atoms with Gasteiger partial charge < -0.3 is 19.4 Å². The van der Waals surface area contributed by atoms with Crippen LogP contribution in [0.5, 0.6) is 5.75 Å². The van der Waals surface area contributed by atoms with E-state index in [1.807, 2.05) is 35.2 Å². The van der Waals surface area contributed by atoms with Crippen molar-refractivity contribution >= 4 is 17.3 Å². The molecule has 2 aliphatic heterocycles. The van der Waals surface area contributed by atoms with Crippen LogP contribution in [0.1, 0.15) is 21.5 Å². The van der Waals surface area contributed by atoms with Crippen LogP contribution in [-0.4, -0.2) is 50.6 Å². The van der Waals surface area contributed by atoms with E-state index in [9.17, 15) is 4.79 Å². The maximum absolute atomic E-state index is 13.1. The van der Waals surface area contributed by atoms with Crippen LogP contribution in [0.15, 0.2) is 72.8 Å². The SMILES string of the molecule is COc1ccccc1N1CCN(C(=O)c2ccc(CN3CCc4ccccc43)cc2)CC1. The van der Waals surface area contributed by atoms with Crippen LogP contribution >= 0.6 is 0 Å². The van der Waals surface area contributed by atoms with Gasteiger partial charge >= 0.3 is 0 Å². The zero-order valence-electron chi connectivity index (χ0n) is 18.5. The summed E-state index contributed by atoms with van der Waals surface area (Å²) < 4.78 is 5.49. The van der Waals surface area contributed by atoms with Gasteiger partial charge in [-0.3, -0.25) is 4.79 Å². The molecule has 0 saturated carbocycles. The van der Waals surface area contributed by atoms with E-state index in [-0.39, 0.29) is 5.91 Å². The van der Waals surface area contributed by atoms with E-state index >= 15 is 0 Å². The lowest BCUT2D eigenvalue weighted by Crippen LogP contribution is -2.48. The number of fused-ring (bicyclic) bond motifs is 1. The van der Waals surface area contributed by atoms with Crippen molar-refractivity contribution in [3.63, 3.8) is 0 Å². The van der Waals surface area contributed by atoms with Gasteiger partial charge in [0.1, 0.15) is 5.75 Å². The quantitative estimate of drug-likeness (QED) is 0.611. The lowest BCUT2D eigenvalue weighted by Gasteiger charge is -2.36. The molecule has 0 aliphatic carbocycles. The standard InChI is InChI=1S/C27H29N3O2/c1-32-26-9-5-4-8-25(26)28-16-18-29(19-17-28)27(31)23-12-10-21(11-13-23)20-30-15-14-22-6-2-3-7-24(22)30/h2-13H,14-20H2,1H3. The number of hydrogen-bond acceptors (Lipinski definition) is 4. The number of nitrogens with zero attached hydrogens (tertiary/aromatic N) is 3. The Morgan fingerprint density at radius 1 is 0.812 bits per heavy atom. The van der Waals surface area contributed by atoms with Crippen molar-refractivity contribution in [2.45, 2.75) is 13.0 Å². The summed E-state index contributed by atoms with van der Waals surface area (Å²) in [5, 5.41) is 0. The Morgan fingerprint density at radius 3 is 2.25 bits per heavy atom. The van der Waals surface area contributed by atoms with Gasteiger partial charge in [0.25, 0.3) is 5.91 Å². The molecule has 0 atom stereocenters. The van der Waals surface area contributed by atoms with E-state index in [0.29, 0.717) is 13.1 Å². The zero-order valence-corrected chi connectivity index (χ0v) is 18.5. The van der Waals surface area contributed by atoms with Crippen LogP contribution in [0, 0.1) is 0 Å². The summed E-state index contributed by atoms with van der Waals surface area (Å²) >= 11 is 0. The minimum absolute atomic E-state index is 0.114. The minimum atomic E-state index is 0.114. The van der Waals surface area contributed by atoms with E-state index < -0.39 is 0 Å². The first-order valence-electron chi connectivity index (χ1n) is 11.3. The highest BCUT2D eigenvalue weighted by molar-refractivity contribution is 5.94. The smallest absolute Gasteiger partial charge is 0.253 e. The number of carbonyl (C=O) groups excluding carboxylic acids is 1. The largest absolute Gasteiger partial charge is 0.495 e. The first-order valence-corrected chi connectivity index (χ1v) is 11.3. The second kappa shape index (κ2) is 8.95. The molecule has 164 valence electrons. The molecule has 2 aliphatic rings. The normalized spacial score (nSPS) is 15.6. The second-order valence-electron chi connectivity index (χ2n) is 8.45. The fraction of sp³-hybridized carbons (Fsp3) is 0.296. The number of hydrogen-bond donors (Lipinski definition) is 0. The summed E-state index contributed by atoms with van der Waals surface area (Å²) in [6, 6.07) is 24.8. The predicted octanol–water partition coefficient (Wildman–Crippen LogP) is 4.22. The molecule has 1 saturated heterocycles. The maximum Gasteiger partial charge on any atom is 0.253 e. The fourth-order valence-electron chi connectivity index (χ4n) is 4.77. The number of carbonyl (C=O) groups is 1. The third kappa shape index (κ3) is 4.03. The van der Waals surface area contributed by atoms with Gasteiger partial charge in [0.2, 0.25) is 0 Å². The van der Waals surface area contributed by atoms with Gasteiger partial charge in [0, 0.05) is 50.5 Å². The molecule has 0 spiro atoms. The highest BCUT2D eigenvalue weighted by atomic mass is 16.5. The van der Waals surface area contributed by atoms with Crippen molar-refractivity contribution in [1.82, 2.24) is 4.90 Å². The molecular weight excluding hydrogens is 398 g/mol. The molecule has 1 fully saturated rings. The summed E-state index contributed by atoms with van der Waals surface area (Å²) in [6.45, 7) is 4.96. The van der Waals surface area contributed by atoms with Crippen LogP contribution in [0.2, 0.25) is 0 Å². The lowest BCUT2D eigenvalue weighted by molar-refractivity contribution is 0.0746. The zero-order chi connectivity index (χ0) is 21.9. The van der Waals surface area contributed by atoms with Crippen molar-refractivity contribution in [2.75, 3.05) is 49.6 Å².